The van der Waals surface area contributed by atoms with Crippen LogP contribution in [-0.2, 0) is 4.79 Å². The molecule has 2 amide bonds. The average molecular weight is 396 g/mol. The molecule has 1 atom stereocenters. The highest BCUT2D eigenvalue weighted by Gasteiger charge is 2.19. The minimum absolute atomic E-state index is 0.273. The summed E-state index contributed by atoms with van der Waals surface area (Å²) in [6, 6.07) is 12.3. The second-order valence-corrected chi connectivity index (χ2v) is 6.52. The maximum absolute atomic E-state index is 13.2. The minimum atomic E-state index is -0.627. The van der Waals surface area contributed by atoms with Gasteiger partial charge in [-0.25, -0.2) is 9.07 Å². The van der Waals surface area contributed by atoms with Crippen molar-refractivity contribution in [1.29, 1.82) is 0 Å². The van der Waals surface area contributed by atoms with Crippen LogP contribution in [0.5, 0.6) is 5.75 Å². The Labute approximate surface area is 167 Å². The zero-order valence-electron chi connectivity index (χ0n) is 16.1. The molecule has 2 aromatic carbocycles. The highest BCUT2D eigenvalue weighted by atomic mass is 19.1. The number of carbonyl (C=O) groups is 2. The third kappa shape index (κ3) is 4.60. The van der Waals surface area contributed by atoms with Gasteiger partial charge in [0, 0.05) is 11.3 Å². The first-order chi connectivity index (χ1) is 13.9. The molecule has 150 valence electrons. The average Bonchev–Trinajstić information content (AvgIpc) is 3.08. The number of nitrogens with zero attached hydrogens (tertiary/aromatic N) is 2. The van der Waals surface area contributed by atoms with E-state index >= 15 is 0 Å². The van der Waals surface area contributed by atoms with Crippen LogP contribution in [0, 0.1) is 12.7 Å². The number of para-hydroxylation sites is 1. The Kier molecular flexibility index (Phi) is 5.92. The van der Waals surface area contributed by atoms with Crippen LogP contribution in [0.3, 0.4) is 0 Å². The Balaban J connectivity index is 1.77. The van der Waals surface area contributed by atoms with Gasteiger partial charge in [-0.3, -0.25) is 9.59 Å². The summed E-state index contributed by atoms with van der Waals surface area (Å²) in [5, 5.41) is 7.26. The molecule has 0 bridgehead atoms. The fraction of sp³-hybridized carbons (Fsp3) is 0.190. The number of aromatic nitrogens is 2. The number of amides is 2. The summed E-state index contributed by atoms with van der Waals surface area (Å²) in [6.07, 6.45) is 1.67. The van der Waals surface area contributed by atoms with Crippen molar-refractivity contribution in [3.63, 3.8) is 0 Å². The van der Waals surface area contributed by atoms with Crippen molar-refractivity contribution in [2.75, 3.05) is 6.61 Å². The highest BCUT2D eigenvalue weighted by molar-refractivity contribution is 5.97. The van der Waals surface area contributed by atoms with Gasteiger partial charge in [0.05, 0.1) is 23.5 Å². The second-order valence-electron chi connectivity index (χ2n) is 6.52. The van der Waals surface area contributed by atoms with Crippen LogP contribution in [-0.4, -0.2) is 28.2 Å². The van der Waals surface area contributed by atoms with Crippen LogP contribution in [0.2, 0.25) is 0 Å². The number of halogens is 1. The van der Waals surface area contributed by atoms with E-state index in [-0.39, 0.29) is 30.1 Å². The molecule has 1 unspecified atom stereocenters. The Morgan fingerprint density at radius 2 is 1.90 bits per heavy atom. The summed E-state index contributed by atoms with van der Waals surface area (Å²) < 4.78 is 20.2. The quantitative estimate of drug-likeness (QED) is 0.641. The summed E-state index contributed by atoms with van der Waals surface area (Å²) in [5.41, 5.74) is 7.76. The van der Waals surface area contributed by atoms with E-state index in [1.54, 1.807) is 47.3 Å². The summed E-state index contributed by atoms with van der Waals surface area (Å²) >= 11 is 0. The van der Waals surface area contributed by atoms with Gasteiger partial charge in [-0.05, 0) is 50.2 Å². The second kappa shape index (κ2) is 8.55. The predicted molar refractivity (Wildman–Crippen MR) is 105 cm³/mol. The highest BCUT2D eigenvalue weighted by Crippen LogP contribution is 2.23. The van der Waals surface area contributed by atoms with E-state index in [9.17, 15) is 14.0 Å². The van der Waals surface area contributed by atoms with Crippen LogP contribution in [0.25, 0.3) is 5.69 Å². The number of ether oxygens (including phenoxy) is 1. The largest absolute Gasteiger partial charge is 0.483 e. The monoisotopic (exact) mass is 396 g/mol. The SMILES string of the molecule is Cc1c(C(C)NC(=O)c2ccccc2OCC(N)=O)cnn1-c1ccc(F)cc1. The van der Waals surface area contributed by atoms with E-state index in [0.29, 0.717) is 5.56 Å². The Morgan fingerprint density at radius 1 is 1.21 bits per heavy atom. The predicted octanol–water partition coefficient (Wildman–Crippen LogP) is 2.67. The van der Waals surface area contributed by atoms with Gasteiger partial charge in [0.2, 0.25) is 0 Å². The van der Waals surface area contributed by atoms with Crippen LogP contribution >= 0.6 is 0 Å². The number of carbonyl (C=O) groups excluding carboxylic acids is 2. The lowest BCUT2D eigenvalue weighted by atomic mass is 10.1. The van der Waals surface area contributed by atoms with Crippen LogP contribution in [0.4, 0.5) is 4.39 Å². The van der Waals surface area contributed by atoms with Gasteiger partial charge in [-0.1, -0.05) is 12.1 Å². The number of primary amides is 1. The Bertz CT molecular complexity index is 1030. The molecular formula is C21H21FN4O3. The molecule has 0 fully saturated rings. The molecular weight excluding hydrogens is 375 g/mol. The maximum Gasteiger partial charge on any atom is 0.255 e. The van der Waals surface area contributed by atoms with E-state index in [4.69, 9.17) is 10.5 Å². The molecule has 8 heteroatoms. The van der Waals surface area contributed by atoms with Crippen molar-refractivity contribution >= 4 is 11.8 Å². The lowest BCUT2D eigenvalue weighted by molar-refractivity contribution is -0.119. The smallest absolute Gasteiger partial charge is 0.255 e. The molecule has 7 nitrogen and oxygen atoms in total. The van der Waals surface area contributed by atoms with Crippen LogP contribution in [0.1, 0.15) is 34.6 Å². The van der Waals surface area contributed by atoms with Crippen molar-refractivity contribution in [2.24, 2.45) is 5.73 Å². The van der Waals surface area contributed by atoms with Crippen molar-refractivity contribution in [3.05, 3.63) is 77.4 Å². The van der Waals surface area contributed by atoms with Crippen LogP contribution in [0.15, 0.2) is 54.7 Å². The van der Waals surface area contributed by atoms with Crippen molar-refractivity contribution in [1.82, 2.24) is 15.1 Å². The first-order valence-electron chi connectivity index (χ1n) is 8.98. The molecule has 1 heterocycles. The van der Waals surface area contributed by atoms with E-state index in [1.165, 1.54) is 12.1 Å². The van der Waals surface area contributed by atoms with E-state index in [0.717, 1.165) is 16.9 Å². The molecule has 3 aromatic rings. The number of benzene rings is 2. The molecule has 0 radical (unpaired) electrons. The van der Waals surface area contributed by atoms with Crippen molar-refractivity contribution < 1.29 is 18.7 Å². The van der Waals surface area contributed by atoms with Crippen molar-refractivity contribution in [2.45, 2.75) is 19.9 Å². The van der Waals surface area contributed by atoms with E-state index in [1.807, 2.05) is 13.8 Å². The molecule has 0 aliphatic carbocycles. The lowest BCUT2D eigenvalue weighted by Gasteiger charge is -2.16. The Morgan fingerprint density at radius 3 is 2.59 bits per heavy atom. The molecule has 0 saturated heterocycles. The fourth-order valence-corrected chi connectivity index (χ4v) is 2.97. The topological polar surface area (TPSA) is 99.2 Å². The third-order valence-electron chi connectivity index (χ3n) is 4.43. The zero-order chi connectivity index (χ0) is 21.0. The number of nitrogens with two attached hydrogens (primary N) is 1. The fourth-order valence-electron chi connectivity index (χ4n) is 2.97. The molecule has 0 aliphatic heterocycles. The normalized spacial score (nSPS) is 11.7. The summed E-state index contributed by atoms with van der Waals surface area (Å²) in [6.45, 7) is 3.39. The maximum atomic E-state index is 13.2. The molecule has 3 N–H and O–H groups in total. The standard InChI is InChI=1S/C21H21FN4O3/c1-13(18-11-24-26(14(18)2)16-9-7-15(22)8-10-16)25-21(28)17-5-3-4-6-19(17)29-12-20(23)27/h3-11,13H,12H2,1-2H3,(H2,23,27)(H,25,28). The summed E-state index contributed by atoms with van der Waals surface area (Å²) in [4.78, 5) is 23.7. The first kappa shape index (κ1) is 20.1. The van der Waals surface area contributed by atoms with Crippen molar-refractivity contribution in [3.8, 4) is 11.4 Å². The lowest BCUT2D eigenvalue weighted by Crippen LogP contribution is -2.28. The molecule has 3 rings (SSSR count). The number of rotatable bonds is 7. The third-order valence-corrected chi connectivity index (χ3v) is 4.43. The van der Waals surface area contributed by atoms with Gasteiger partial charge in [0.15, 0.2) is 6.61 Å². The van der Waals surface area contributed by atoms with E-state index in [2.05, 4.69) is 10.4 Å². The van der Waals surface area contributed by atoms with Gasteiger partial charge in [-0.15, -0.1) is 0 Å². The molecule has 0 saturated carbocycles. The molecule has 0 aliphatic rings. The molecule has 1 aromatic heterocycles. The van der Waals surface area contributed by atoms with Gasteiger partial charge in [0.1, 0.15) is 11.6 Å². The zero-order valence-corrected chi connectivity index (χ0v) is 16.1. The number of hydrogen-bond donors (Lipinski definition) is 2. The van der Waals surface area contributed by atoms with Crippen LogP contribution < -0.4 is 15.8 Å². The number of hydrogen-bond acceptors (Lipinski definition) is 4. The van der Waals surface area contributed by atoms with Gasteiger partial charge in [-0.2, -0.15) is 5.10 Å². The van der Waals surface area contributed by atoms with Gasteiger partial charge < -0.3 is 15.8 Å². The summed E-state index contributed by atoms with van der Waals surface area (Å²) in [7, 11) is 0. The first-order valence-corrected chi connectivity index (χ1v) is 8.98. The molecule has 0 spiro atoms. The molecule has 29 heavy (non-hydrogen) atoms. The van der Waals surface area contributed by atoms with Gasteiger partial charge >= 0.3 is 0 Å². The minimum Gasteiger partial charge on any atom is -0.483 e. The number of nitrogens with one attached hydrogen (secondary N) is 1. The Hall–Kier alpha value is -3.68. The summed E-state index contributed by atoms with van der Waals surface area (Å²) in [5.74, 6) is -1.03. The van der Waals surface area contributed by atoms with E-state index < -0.39 is 5.91 Å². The van der Waals surface area contributed by atoms with Gasteiger partial charge in [0.25, 0.3) is 11.8 Å².